The molecule has 0 unspecified atom stereocenters. The zero-order chi connectivity index (χ0) is 18.5. The molecule has 1 heterocycles. The number of carbonyl (C=O) groups excluding carboxylic acids is 2. The van der Waals surface area contributed by atoms with Gasteiger partial charge in [-0.3, -0.25) is 9.59 Å². The first-order chi connectivity index (χ1) is 12.5. The summed E-state index contributed by atoms with van der Waals surface area (Å²) in [5.74, 6) is -0.294. The second-order valence-corrected chi connectivity index (χ2v) is 5.82. The minimum atomic E-state index is -0.203. The number of carbonyl (C=O) groups is 2. The van der Waals surface area contributed by atoms with Gasteiger partial charge in [-0.2, -0.15) is 0 Å². The van der Waals surface area contributed by atoms with Gasteiger partial charge in [-0.1, -0.05) is 12.1 Å². The highest BCUT2D eigenvalue weighted by Gasteiger charge is 2.09. The quantitative estimate of drug-likeness (QED) is 0.731. The van der Waals surface area contributed by atoms with Gasteiger partial charge < -0.3 is 10.6 Å². The van der Waals surface area contributed by atoms with Crippen molar-refractivity contribution in [1.29, 1.82) is 0 Å². The van der Waals surface area contributed by atoms with Crippen LogP contribution in [0.1, 0.15) is 28.4 Å². The highest BCUT2D eigenvalue weighted by Crippen LogP contribution is 2.18. The van der Waals surface area contributed by atoms with Crippen LogP contribution in [0.2, 0.25) is 0 Å². The van der Waals surface area contributed by atoms with Gasteiger partial charge in [0.25, 0.3) is 5.91 Å². The molecule has 0 aliphatic carbocycles. The van der Waals surface area contributed by atoms with Crippen LogP contribution in [0.3, 0.4) is 0 Å². The third kappa shape index (κ3) is 4.10. The number of benzene rings is 2. The molecular formula is C18H18N6O2. The smallest absolute Gasteiger partial charge is 0.255 e. The summed E-state index contributed by atoms with van der Waals surface area (Å²) in [4.78, 5) is 23.3. The fraction of sp³-hybridized carbons (Fsp3) is 0.167. The Labute approximate surface area is 150 Å². The largest absolute Gasteiger partial charge is 0.352 e. The number of rotatable bonds is 5. The van der Waals surface area contributed by atoms with Crippen LogP contribution in [0.5, 0.6) is 0 Å². The Morgan fingerprint density at radius 1 is 1.12 bits per heavy atom. The summed E-state index contributed by atoms with van der Waals surface area (Å²) in [6, 6.07) is 12.6. The average molecular weight is 350 g/mol. The highest BCUT2D eigenvalue weighted by atomic mass is 16.2. The van der Waals surface area contributed by atoms with E-state index >= 15 is 0 Å². The molecule has 0 aliphatic heterocycles. The van der Waals surface area contributed by atoms with E-state index in [1.165, 1.54) is 13.3 Å². The average Bonchev–Trinajstić information content (AvgIpc) is 3.15. The number of amides is 2. The summed E-state index contributed by atoms with van der Waals surface area (Å²) in [7, 11) is 0. The number of hydrogen-bond donors (Lipinski definition) is 2. The molecule has 0 spiro atoms. The Morgan fingerprint density at radius 2 is 1.88 bits per heavy atom. The summed E-state index contributed by atoms with van der Waals surface area (Å²) in [6.45, 7) is 3.83. The van der Waals surface area contributed by atoms with Crippen LogP contribution >= 0.6 is 0 Å². The van der Waals surface area contributed by atoms with Gasteiger partial charge in [-0.05, 0) is 58.8 Å². The molecule has 2 amide bonds. The maximum atomic E-state index is 12.4. The molecule has 0 saturated heterocycles. The van der Waals surface area contributed by atoms with Crippen LogP contribution in [0.25, 0.3) is 5.69 Å². The Kier molecular flexibility index (Phi) is 5.02. The Balaban J connectivity index is 1.68. The monoisotopic (exact) mass is 350 g/mol. The number of nitrogens with zero attached hydrogens (tertiary/aromatic N) is 4. The third-order valence-electron chi connectivity index (χ3n) is 3.81. The molecule has 0 fully saturated rings. The lowest BCUT2D eigenvalue weighted by molar-refractivity contribution is -0.119. The standard InChI is InChI=1S/C18H18N6O2/c1-12-9-16(7-8-17(12)24-11-20-22-23-24)21-18(26)15-5-3-14(4-6-15)10-19-13(2)25/h3-9,11H,10H2,1-2H3,(H,19,25)(H,21,26). The fourth-order valence-corrected chi connectivity index (χ4v) is 2.47. The van der Waals surface area contributed by atoms with Crippen LogP contribution in [0.15, 0.2) is 48.8 Å². The fourth-order valence-electron chi connectivity index (χ4n) is 2.47. The van der Waals surface area contributed by atoms with Crippen molar-refractivity contribution in [2.75, 3.05) is 5.32 Å². The van der Waals surface area contributed by atoms with Crippen molar-refractivity contribution in [3.63, 3.8) is 0 Å². The van der Waals surface area contributed by atoms with Gasteiger partial charge >= 0.3 is 0 Å². The molecule has 2 aromatic carbocycles. The van der Waals surface area contributed by atoms with Crippen LogP contribution < -0.4 is 10.6 Å². The van der Waals surface area contributed by atoms with Crippen molar-refractivity contribution in [1.82, 2.24) is 25.5 Å². The van der Waals surface area contributed by atoms with Gasteiger partial charge in [0.1, 0.15) is 6.33 Å². The first-order valence-corrected chi connectivity index (χ1v) is 8.01. The van der Waals surface area contributed by atoms with Gasteiger partial charge in [0.15, 0.2) is 0 Å². The molecule has 3 aromatic rings. The topological polar surface area (TPSA) is 102 Å². The molecule has 0 bridgehead atoms. The predicted octanol–water partition coefficient (Wildman–Crippen LogP) is 1.86. The highest BCUT2D eigenvalue weighted by molar-refractivity contribution is 6.04. The molecule has 26 heavy (non-hydrogen) atoms. The SMILES string of the molecule is CC(=O)NCc1ccc(C(=O)Nc2ccc(-n3cnnn3)c(C)c2)cc1. The van der Waals surface area contributed by atoms with E-state index in [0.717, 1.165) is 16.8 Å². The summed E-state index contributed by atoms with van der Waals surface area (Å²) < 4.78 is 1.56. The zero-order valence-electron chi connectivity index (χ0n) is 14.4. The molecule has 0 aliphatic rings. The van der Waals surface area contributed by atoms with Crippen molar-refractivity contribution in [3.8, 4) is 5.69 Å². The van der Waals surface area contributed by atoms with Crippen LogP contribution in [0.4, 0.5) is 5.69 Å². The number of hydrogen-bond acceptors (Lipinski definition) is 5. The summed E-state index contributed by atoms with van der Waals surface area (Å²) >= 11 is 0. The lowest BCUT2D eigenvalue weighted by atomic mass is 10.1. The lowest BCUT2D eigenvalue weighted by Gasteiger charge is -2.10. The lowest BCUT2D eigenvalue weighted by Crippen LogP contribution is -2.19. The summed E-state index contributed by atoms with van der Waals surface area (Å²) in [6.07, 6.45) is 1.52. The van der Waals surface area contributed by atoms with Gasteiger partial charge in [-0.15, -0.1) is 5.10 Å². The van der Waals surface area contributed by atoms with E-state index in [0.29, 0.717) is 17.8 Å². The third-order valence-corrected chi connectivity index (χ3v) is 3.81. The Bertz CT molecular complexity index is 919. The number of anilines is 1. The zero-order valence-corrected chi connectivity index (χ0v) is 14.4. The van der Waals surface area contributed by atoms with Crippen molar-refractivity contribution in [2.24, 2.45) is 0 Å². The molecule has 132 valence electrons. The van der Waals surface area contributed by atoms with E-state index in [-0.39, 0.29) is 11.8 Å². The Hall–Kier alpha value is -3.55. The van der Waals surface area contributed by atoms with Crippen LogP contribution in [0, 0.1) is 6.92 Å². The first-order valence-electron chi connectivity index (χ1n) is 8.01. The van der Waals surface area contributed by atoms with Crippen molar-refractivity contribution < 1.29 is 9.59 Å². The molecule has 8 nitrogen and oxygen atoms in total. The van der Waals surface area contributed by atoms with E-state index in [1.807, 2.05) is 31.2 Å². The molecule has 0 saturated carbocycles. The van der Waals surface area contributed by atoms with Crippen molar-refractivity contribution in [2.45, 2.75) is 20.4 Å². The van der Waals surface area contributed by atoms with Crippen LogP contribution in [-0.2, 0) is 11.3 Å². The maximum absolute atomic E-state index is 12.4. The van der Waals surface area contributed by atoms with Gasteiger partial charge in [-0.25, -0.2) is 4.68 Å². The molecule has 3 rings (SSSR count). The second kappa shape index (κ2) is 7.56. The minimum absolute atomic E-state index is 0.0905. The van der Waals surface area contributed by atoms with E-state index < -0.39 is 0 Å². The molecule has 8 heteroatoms. The van der Waals surface area contributed by atoms with E-state index in [9.17, 15) is 9.59 Å². The normalized spacial score (nSPS) is 10.4. The predicted molar refractivity (Wildman–Crippen MR) is 95.8 cm³/mol. The summed E-state index contributed by atoms with van der Waals surface area (Å²) in [5.41, 5.74) is 3.93. The Morgan fingerprint density at radius 3 is 2.50 bits per heavy atom. The number of tetrazole rings is 1. The summed E-state index contributed by atoms with van der Waals surface area (Å²) in [5, 5.41) is 16.7. The van der Waals surface area contributed by atoms with Crippen molar-refractivity contribution >= 4 is 17.5 Å². The van der Waals surface area contributed by atoms with Gasteiger partial charge in [0.05, 0.1) is 5.69 Å². The molecule has 2 N–H and O–H groups in total. The number of aryl methyl sites for hydroxylation is 1. The van der Waals surface area contributed by atoms with Gasteiger partial charge in [0, 0.05) is 24.7 Å². The van der Waals surface area contributed by atoms with Crippen molar-refractivity contribution in [3.05, 3.63) is 65.5 Å². The van der Waals surface area contributed by atoms with E-state index in [2.05, 4.69) is 26.2 Å². The molecule has 0 radical (unpaired) electrons. The number of aromatic nitrogens is 4. The van der Waals surface area contributed by atoms with Gasteiger partial charge in [0.2, 0.25) is 5.91 Å². The minimum Gasteiger partial charge on any atom is -0.352 e. The first kappa shape index (κ1) is 17.3. The van der Waals surface area contributed by atoms with Crippen LogP contribution in [-0.4, -0.2) is 32.0 Å². The van der Waals surface area contributed by atoms with E-state index in [1.54, 1.807) is 22.9 Å². The number of nitrogens with one attached hydrogen (secondary N) is 2. The maximum Gasteiger partial charge on any atom is 0.255 e. The molecular weight excluding hydrogens is 332 g/mol. The molecule has 0 atom stereocenters. The van der Waals surface area contributed by atoms with E-state index in [4.69, 9.17) is 0 Å². The second-order valence-electron chi connectivity index (χ2n) is 5.82. The molecule has 1 aromatic heterocycles.